The highest BCUT2D eigenvalue weighted by Crippen LogP contribution is 2.26. The maximum absolute atomic E-state index is 11.7. The van der Waals surface area contributed by atoms with Gasteiger partial charge in [-0.1, -0.05) is 17.7 Å². The minimum absolute atomic E-state index is 0.0882. The third-order valence-electron chi connectivity index (χ3n) is 2.97. The molecule has 0 spiro atoms. The zero-order chi connectivity index (χ0) is 14.7. The summed E-state index contributed by atoms with van der Waals surface area (Å²) in [7, 11) is 2.84. The van der Waals surface area contributed by atoms with Gasteiger partial charge in [0, 0.05) is 12.7 Å². The molecule has 0 N–H and O–H groups in total. The quantitative estimate of drug-likeness (QED) is 0.803. The van der Waals surface area contributed by atoms with E-state index < -0.39 is 5.97 Å². The van der Waals surface area contributed by atoms with Gasteiger partial charge in [0.25, 0.3) is 0 Å². The van der Waals surface area contributed by atoms with Crippen molar-refractivity contribution in [1.29, 1.82) is 0 Å². The highest BCUT2D eigenvalue weighted by atomic mass is 16.5. The molecule has 0 bridgehead atoms. The molecule has 0 atom stereocenters. The van der Waals surface area contributed by atoms with Crippen LogP contribution >= 0.6 is 0 Å². The van der Waals surface area contributed by atoms with E-state index in [1.807, 2.05) is 32.0 Å². The maximum atomic E-state index is 11.7. The first kappa shape index (κ1) is 14.3. The molecule has 0 aliphatic carbocycles. The SMILES string of the molecule is COCc1nc(-c2cc(C)ccc2C)oc1C(=O)OC. The van der Waals surface area contributed by atoms with Gasteiger partial charge in [-0.2, -0.15) is 0 Å². The van der Waals surface area contributed by atoms with Gasteiger partial charge in [-0.05, 0) is 25.5 Å². The van der Waals surface area contributed by atoms with Crippen molar-refractivity contribution in [2.24, 2.45) is 0 Å². The Balaban J connectivity index is 2.52. The van der Waals surface area contributed by atoms with Gasteiger partial charge in [0.1, 0.15) is 5.69 Å². The van der Waals surface area contributed by atoms with E-state index in [0.717, 1.165) is 16.7 Å². The molecule has 0 fully saturated rings. The molecule has 1 aromatic carbocycles. The second-order valence-corrected chi connectivity index (χ2v) is 4.54. The van der Waals surface area contributed by atoms with E-state index in [0.29, 0.717) is 11.6 Å². The van der Waals surface area contributed by atoms with Gasteiger partial charge >= 0.3 is 5.97 Å². The van der Waals surface area contributed by atoms with Crippen LogP contribution in [0.3, 0.4) is 0 Å². The fourth-order valence-corrected chi connectivity index (χ4v) is 1.92. The van der Waals surface area contributed by atoms with Gasteiger partial charge in [0.05, 0.1) is 13.7 Å². The molecule has 5 nitrogen and oxygen atoms in total. The molecule has 0 amide bonds. The van der Waals surface area contributed by atoms with E-state index in [4.69, 9.17) is 13.9 Å². The second-order valence-electron chi connectivity index (χ2n) is 4.54. The summed E-state index contributed by atoms with van der Waals surface area (Å²) in [5.74, 6) is -0.0648. The molecule has 0 unspecified atom stereocenters. The predicted molar refractivity (Wildman–Crippen MR) is 73.5 cm³/mol. The molecule has 0 aliphatic heterocycles. The molecule has 2 aromatic rings. The number of aromatic nitrogens is 1. The number of carbonyl (C=O) groups is 1. The summed E-state index contributed by atoms with van der Waals surface area (Å²) in [5, 5.41) is 0. The number of hydrogen-bond donors (Lipinski definition) is 0. The predicted octanol–water partition coefficient (Wildman–Crippen LogP) is 2.89. The van der Waals surface area contributed by atoms with Crippen molar-refractivity contribution in [2.75, 3.05) is 14.2 Å². The number of hydrogen-bond acceptors (Lipinski definition) is 5. The summed E-state index contributed by atoms with van der Waals surface area (Å²) < 4.78 is 15.3. The van der Waals surface area contributed by atoms with Crippen molar-refractivity contribution in [1.82, 2.24) is 4.98 Å². The lowest BCUT2D eigenvalue weighted by Crippen LogP contribution is -2.04. The van der Waals surface area contributed by atoms with E-state index >= 15 is 0 Å². The lowest BCUT2D eigenvalue weighted by molar-refractivity contribution is 0.0559. The number of rotatable bonds is 4. The van der Waals surface area contributed by atoms with E-state index in [1.54, 1.807) is 0 Å². The Morgan fingerprint density at radius 3 is 2.70 bits per heavy atom. The number of ether oxygens (including phenoxy) is 2. The Kier molecular flexibility index (Phi) is 4.20. The first-order valence-electron chi connectivity index (χ1n) is 6.21. The Morgan fingerprint density at radius 1 is 1.30 bits per heavy atom. The van der Waals surface area contributed by atoms with Crippen LogP contribution in [0.2, 0.25) is 0 Å². The summed E-state index contributed by atoms with van der Waals surface area (Å²) >= 11 is 0. The van der Waals surface area contributed by atoms with Crippen molar-refractivity contribution in [3.63, 3.8) is 0 Å². The van der Waals surface area contributed by atoms with E-state index in [-0.39, 0.29) is 12.4 Å². The molecule has 0 saturated carbocycles. The fraction of sp³-hybridized carbons (Fsp3) is 0.333. The Hall–Kier alpha value is -2.14. The van der Waals surface area contributed by atoms with Crippen LogP contribution in [0, 0.1) is 13.8 Å². The van der Waals surface area contributed by atoms with Crippen molar-refractivity contribution >= 4 is 5.97 Å². The third kappa shape index (κ3) is 2.72. The van der Waals surface area contributed by atoms with Crippen LogP contribution < -0.4 is 0 Å². The van der Waals surface area contributed by atoms with Crippen LogP contribution in [0.4, 0.5) is 0 Å². The van der Waals surface area contributed by atoms with Gasteiger partial charge in [0.2, 0.25) is 11.7 Å². The largest absolute Gasteiger partial charge is 0.463 e. The van der Waals surface area contributed by atoms with Crippen LogP contribution in [0.15, 0.2) is 22.6 Å². The summed E-state index contributed by atoms with van der Waals surface area (Å²) in [6, 6.07) is 5.97. The highest BCUT2D eigenvalue weighted by Gasteiger charge is 2.22. The van der Waals surface area contributed by atoms with Crippen LogP contribution in [-0.2, 0) is 16.1 Å². The molecule has 1 aromatic heterocycles. The average molecular weight is 275 g/mol. The van der Waals surface area contributed by atoms with E-state index in [2.05, 4.69) is 4.98 Å². The van der Waals surface area contributed by atoms with Gasteiger partial charge in [-0.3, -0.25) is 0 Å². The topological polar surface area (TPSA) is 61.6 Å². The minimum Gasteiger partial charge on any atom is -0.463 e. The minimum atomic E-state index is -0.555. The first-order valence-corrected chi connectivity index (χ1v) is 6.21. The summed E-state index contributed by atoms with van der Waals surface area (Å²) in [4.78, 5) is 16.0. The molecule has 5 heteroatoms. The molecule has 106 valence electrons. The third-order valence-corrected chi connectivity index (χ3v) is 2.97. The van der Waals surface area contributed by atoms with Crippen LogP contribution in [0.1, 0.15) is 27.4 Å². The molecular weight excluding hydrogens is 258 g/mol. The summed E-state index contributed by atoms with van der Waals surface area (Å²) in [6.07, 6.45) is 0. The van der Waals surface area contributed by atoms with Crippen molar-refractivity contribution < 1.29 is 18.7 Å². The van der Waals surface area contributed by atoms with Crippen LogP contribution in [-0.4, -0.2) is 25.2 Å². The normalized spacial score (nSPS) is 10.6. The maximum Gasteiger partial charge on any atom is 0.376 e. The smallest absolute Gasteiger partial charge is 0.376 e. The summed E-state index contributed by atoms with van der Waals surface area (Å²) in [5.41, 5.74) is 3.42. The van der Waals surface area contributed by atoms with Gasteiger partial charge in [0.15, 0.2) is 0 Å². The van der Waals surface area contributed by atoms with E-state index in [1.165, 1.54) is 14.2 Å². The number of oxazole rings is 1. The molecule has 20 heavy (non-hydrogen) atoms. The number of nitrogens with zero attached hydrogens (tertiary/aromatic N) is 1. The molecule has 1 heterocycles. The van der Waals surface area contributed by atoms with Crippen LogP contribution in [0.5, 0.6) is 0 Å². The monoisotopic (exact) mass is 275 g/mol. The molecule has 2 rings (SSSR count). The number of benzene rings is 1. The molecule has 0 radical (unpaired) electrons. The van der Waals surface area contributed by atoms with Crippen molar-refractivity contribution in [3.05, 3.63) is 40.8 Å². The highest BCUT2D eigenvalue weighted by molar-refractivity contribution is 5.88. The van der Waals surface area contributed by atoms with Crippen molar-refractivity contribution in [3.8, 4) is 11.5 Å². The van der Waals surface area contributed by atoms with Gasteiger partial charge < -0.3 is 13.9 Å². The lowest BCUT2D eigenvalue weighted by Gasteiger charge is -2.02. The Morgan fingerprint density at radius 2 is 2.05 bits per heavy atom. The number of carbonyl (C=O) groups excluding carboxylic acids is 1. The molecular formula is C15H17NO4. The average Bonchev–Trinajstić information content (AvgIpc) is 2.85. The standard InChI is InChI=1S/C15H17NO4/c1-9-5-6-10(2)11(7-9)14-16-12(8-18-3)13(20-14)15(17)19-4/h5-7H,8H2,1-4H3. The number of methoxy groups -OCH3 is 2. The summed E-state index contributed by atoms with van der Waals surface area (Å²) in [6.45, 7) is 4.15. The number of aryl methyl sites for hydroxylation is 2. The lowest BCUT2D eigenvalue weighted by atomic mass is 10.1. The fourth-order valence-electron chi connectivity index (χ4n) is 1.92. The Bertz CT molecular complexity index is 631. The molecule has 0 saturated heterocycles. The zero-order valence-electron chi connectivity index (χ0n) is 12.0. The Labute approximate surface area is 117 Å². The first-order chi connectivity index (χ1) is 9.56. The number of esters is 1. The zero-order valence-corrected chi connectivity index (χ0v) is 12.0. The van der Waals surface area contributed by atoms with Crippen molar-refractivity contribution in [2.45, 2.75) is 20.5 Å². The van der Waals surface area contributed by atoms with Gasteiger partial charge in [-0.25, -0.2) is 9.78 Å². The van der Waals surface area contributed by atoms with Gasteiger partial charge in [-0.15, -0.1) is 0 Å². The van der Waals surface area contributed by atoms with E-state index in [9.17, 15) is 4.79 Å². The van der Waals surface area contributed by atoms with Crippen LogP contribution in [0.25, 0.3) is 11.5 Å². The molecule has 0 aliphatic rings. The second kappa shape index (κ2) is 5.88.